The Balaban J connectivity index is 1.39. The van der Waals surface area contributed by atoms with Gasteiger partial charge in [-0.1, -0.05) is 52.4 Å². The first-order valence-corrected chi connectivity index (χ1v) is 18.0. The molecule has 0 aromatic heterocycles. The third-order valence-electron chi connectivity index (χ3n) is 13.3. The zero-order valence-corrected chi connectivity index (χ0v) is 25.9. The molecule has 8 aliphatic carbocycles. The Morgan fingerprint density at radius 1 is 0.475 bits per heavy atom. The minimum absolute atomic E-state index is 0.168. The fourth-order valence-corrected chi connectivity index (χ4v) is 12.7. The maximum absolute atomic E-state index is 12.4. The Morgan fingerprint density at radius 2 is 0.800 bits per heavy atom. The molecule has 1 aromatic carbocycles. The summed E-state index contributed by atoms with van der Waals surface area (Å²) in [5.41, 5.74) is 5.58. The van der Waals surface area contributed by atoms with Crippen molar-refractivity contribution in [2.24, 2.45) is 35.5 Å². The minimum Gasteiger partial charge on any atom is -0.507 e. The number of aromatic hydroxyl groups is 2. The van der Waals surface area contributed by atoms with Crippen molar-refractivity contribution in [3.63, 3.8) is 0 Å². The zero-order chi connectivity index (χ0) is 27.5. The first-order valence-electron chi connectivity index (χ1n) is 18.0. The average molecular weight is 547 g/mol. The van der Waals surface area contributed by atoms with Gasteiger partial charge < -0.3 is 10.2 Å². The molecule has 0 aliphatic heterocycles. The molecule has 2 heteroatoms. The Kier molecular flexibility index (Phi) is 7.48. The van der Waals surface area contributed by atoms with Gasteiger partial charge in [0.15, 0.2) is 0 Å². The molecule has 2 nitrogen and oxygen atoms in total. The van der Waals surface area contributed by atoms with Gasteiger partial charge in [-0.2, -0.15) is 0 Å². The molecule has 0 unspecified atom stereocenters. The Morgan fingerprint density at radius 3 is 1.12 bits per heavy atom. The fraction of sp³-hybridized carbons (Fsp3) is 0.842. The van der Waals surface area contributed by atoms with Crippen molar-refractivity contribution < 1.29 is 10.2 Å². The van der Waals surface area contributed by atoms with E-state index in [2.05, 4.69) is 13.8 Å². The van der Waals surface area contributed by atoms with Crippen LogP contribution in [-0.2, 0) is 23.7 Å². The number of hydrogen-bond acceptors (Lipinski definition) is 2. The highest BCUT2D eigenvalue weighted by Gasteiger charge is 2.57. The van der Waals surface area contributed by atoms with E-state index >= 15 is 0 Å². The molecule has 0 atom stereocenters. The third kappa shape index (κ3) is 4.65. The van der Waals surface area contributed by atoms with E-state index in [1.165, 1.54) is 139 Å². The quantitative estimate of drug-likeness (QED) is 0.256. The molecule has 2 N–H and O–H groups in total. The van der Waals surface area contributed by atoms with Crippen molar-refractivity contribution >= 4 is 0 Å². The van der Waals surface area contributed by atoms with Crippen LogP contribution in [0.5, 0.6) is 11.5 Å². The topological polar surface area (TPSA) is 40.5 Å². The summed E-state index contributed by atoms with van der Waals surface area (Å²) in [6, 6.07) is 0. The van der Waals surface area contributed by atoms with Crippen LogP contribution in [0.3, 0.4) is 0 Å². The normalized spacial score (nSPS) is 39.0. The highest BCUT2D eigenvalue weighted by atomic mass is 16.3. The number of hydrogen-bond donors (Lipinski definition) is 2. The molecule has 0 saturated heterocycles. The average Bonchev–Trinajstić information content (AvgIpc) is 2.88. The van der Waals surface area contributed by atoms with Crippen molar-refractivity contribution in [1.29, 1.82) is 0 Å². The SMILES string of the molecule is CCCCCCc1c(O)c(C23CC4CC(CC(C4)C2)C3)c(CCCCCC)c(C23CC4CC(CC(C4)C2)C3)c1O. The lowest BCUT2D eigenvalue weighted by Crippen LogP contribution is -2.51. The van der Waals surface area contributed by atoms with E-state index in [4.69, 9.17) is 0 Å². The summed E-state index contributed by atoms with van der Waals surface area (Å²) in [7, 11) is 0. The van der Waals surface area contributed by atoms with Crippen LogP contribution >= 0.6 is 0 Å². The number of rotatable bonds is 12. The van der Waals surface area contributed by atoms with Gasteiger partial charge in [-0.25, -0.2) is 0 Å². The third-order valence-corrected chi connectivity index (χ3v) is 13.3. The van der Waals surface area contributed by atoms with Crippen LogP contribution in [0.25, 0.3) is 0 Å². The van der Waals surface area contributed by atoms with Crippen LogP contribution in [0.2, 0.25) is 0 Å². The standard InChI is InChI=1S/C38H58O2/c1-3-5-7-9-11-31-33(37-19-25-13-26(20-37)15-27(14-25)21-37)35(39)32(12-10-8-6-4-2)36(40)34(31)38-22-28-16-29(23-38)18-30(17-28)24-38/h25-30,39-40H,3-24H2,1-2H3. The molecule has 40 heavy (non-hydrogen) atoms. The molecular formula is C38H58O2. The molecule has 0 spiro atoms. The van der Waals surface area contributed by atoms with Gasteiger partial charge in [0.05, 0.1) is 0 Å². The summed E-state index contributed by atoms with van der Waals surface area (Å²) in [4.78, 5) is 0. The summed E-state index contributed by atoms with van der Waals surface area (Å²) in [5, 5.41) is 24.8. The van der Waals surface area contributed by atoms with Gasteiger partial charge in [0.2, 0.25) is 0 Å². The molecule has 9 rings (SSSR count). The van der Waals surface area contributed by atoms with E-state index < -0.39 is 0 Å². The second-order valence-corrected chi connectivity index (χ2v) is 16.4. The largest absolute Gasteiger partial charge is 0.507 e. The summed E-state index contributed by atoms with van der Waals surface area (Å²) in [6.07, 6.45) is 28.2. The molecular weight excluding hydrogens is 488 g/mol. The van der Waals surface area contributed by atoms with E-state index in [9.17, 15) is 10.2 Å². The molecule has 0 radical (unpaired) electrons. The molecule has 8 saturated carbocycles. The summed E-state index contributed by atoms with van der Waals surface area (Å²) >= 11 is 0. The Hall–Kier alpha value is -1.18. The maximum atomic E-state index is 12.4. The smallest absolute Gasteiger partial charge is 0.126 e. The van der Waals surface area contributed by atoms with Crippen LogP contribution < -0.4 is 0 Å². The summed E-state index contributed by atoms with van der Waals surface area (Å²) in [6.45, 7) is 4.59. The first-order chi connectivity index (χ1) is 19.4. The second-order valence-electron chi connectivity index (χ2n) is 16.4. The van der Waals surface area contributed by atoms with Crippen molar-refractivity contribution in [2.45, 2.75) is 166 Å². The Labute approximate surface area is 245 Å². The molecule has 8 aliphatic rings. The van der Waals surface area contributed by atoms with Gasteiger partial charge >= 0.3 is 0 Å². The molecule has 8 bridgehead atoms. The summed E-state index contributed by atoms with van der Waals surface area (Å²) in [5.74, 6) is 6.32. The van der Waals surface area contributed by atoms with Gasteiger partial charge in [0.25, 0.3) is 0 Å². The number of phenols is 2. The van der Waals surface area contributed by atoms with E-state index in [0.717, 1.165) is 60.3 Å². The van der Waals surface area contributed by atoms with Crippen LogP contribution in [0.1, 0.15) is 165 Å². The first kappa shape index (κ1) is 27.6. The summed E-state index contributed by atoms with van der Waals surface area (Å²) < 4.78 is 0. The van der Waals surface area contributed by atoms with Crippen LogP contribution in [-0.4, -0.2) is 10.2 Å². The van der Waals surface area contributed by atoms with Crippen LogP contribution in [0.4, 0.5) is 0 Å². The van der Waals surface area contributed by atoms with Crippen LogP contribution in [0, 0.1) is 35.5 Å². The maximum Gasteiger partial charge on any atom is 0.126 e. The number of benzene rings is 1. The van der Waals surface area contributed by atoms with Crippen molar-refractivity contribution in [3.8, 4) is 11.5 Å². The monoisotopic (exact) mass is 546 g/mol. The highest BCUT2D eigenvalue weighted by Crippen LogP contribution is 2.67. The number of phenolic OH excluding ortho intramolecular Hbond substituents is 2. The van der Waals surface area contributed by atoms with Gasteiger partial charge in [0.1, 0.15) is 11.5 Å². The molecule has 0 amide bonds. The predicted octanol–water partition coefficient (Wildman–Crippen LogP) is 10.3. The zero-order valence-electron chi connectivity index (χ0n) is 25.9. The van der Waals surface area contributed by atoms with Gasteiger partial charge in [-0.05, 0) is 144 Å². The lowest BCUT2D eigenvalue weighted by molar-refractivity contribution is -0.0105. The molecule has 0 heterocycles. The van der Waals surface area contributed by atoms with E-state index in [1.807, 2.05) is 0 Å². The lowest BCUT2D eigenvalue weighted by atomic mass is 9.45. The molecule has 222 valence electrons. The fourth-order valence-electron chi connectivity index (χ4n) is 12.7. The lowest BCUT2D eigenvalue weighted by Gasteiger charge is -2.59. The van der Waals surface area contributed by atoms with E-state index in [0.29, 0.717) is 11.5 Å². The van der Waals surface area contributed by atoms with Gasteiger partial charge in [-0.3, -0.25) is 0 Å². The minimum atomic E-state index is 0.168. The van der Waals surface area contributed by atoms with E-state index in [-0.39, 0.29) is 10.8 Å². The Bertz CT molecular complexity index is 940. The highest BCUT2D eigenvalue weighted by molar-refractivity contribution is 5.64. The van der Waals surface area contributed by atoms with Crippen molar-refractivity contribution in [2.75, 3.05) is 0 Å². The van der Waals surface area contributed by atoms with Gasteiger partial charge in [0, 0.05) is 27.5 Å². The van der Waals surface area contributed by atoms with Crippen molar-refractivity contribution in [1.82, 2.24) is 0 Å². The van der Waals surface area contributed by atoms with Gasteiger partial charge in [-0.15, -0.1) is 0 Å². The van der Waals surface area contributed by atoms with E-state index in [1.54, 1.807) is 0 Å². The van der Waals surface area contributed by atoms with Crippen LogP contribution in [0.15, 0.2) is 0 Å². The predicted molar refractivity (Wildman–Crippen MR) is 165 cm³/mol. The molecule has 8 fully saturated rings. The molecule has 1 aromatic rings. The number of unbranched alkanes of at least 4 members (excludes halogenated alkanes) is 6. The van der Waals surface area contributed by atoms with Crippen molar-refractivity contribution in [3.05, 3.63) is 22.3 Å². The second kappa shape index (κ2) is 10.8.